The molecule has 2 aromatic rings. The van der Waals surface area contributed by atoms with Crippen molar-refractivity contribution in [1.29, 1.82) is 0 Å². The quantitative estimate of drug-likeness (QED) is 0.647. The smallest absolute Gasteiger partial charge is 0.0558 e. The van der Waals surface area contributed by atoms with E-state index in [1.165, 1.54) is 65.6 Å². The van der Waals surface area contributed by atoms with Crippen LogP contribution in [0.3, 0.4) is 0 Å². The van der Waals surface area contributed by atoms with Gasteiger partial charge in [0.15, 0.2) is 0 Å². The van der Waals surface area contributed by atoms with E-state index in [1.807, 2.05) is 11.8 Å². The minimum Gasteiger partial charge on any atom is -0.396 e. The van der Waals surface area contributed by atoms with Crippen LogP contribution in [0, 0.1) is 5.92 Å². The van der Waals surface area contributed by atoms with Crippen LogP contribution in [0.15, 0.2) is 52.3 Å². The van der Waals surface area contributed by atoms with Gasteiger partial charge in [-0.1, -0.05) is 36.0 Å². The van der Waals surface area contributed by atoms with E-state index in [-0.39, 0.29) is 0 Å². The van der Waals surface area contributed by atoms with Crippen LogP contribution in [0.1, 0.15) is 31.2 Å². The number of piperidine rings is 1. The first-order valence-corrected chi connectivity index (χ1v) is 10.6. The van der Waals surface area contributed by atoms with Crippen LogP contribution in [0.2, 0.25) is 0 Å². The van der Waals surface area contributed by atoms with Gasteiger partial charge >= 0.3 is 0 Å². The standard InChI is InChI=1S/C22H28N2OS/c25-16-12-17-10-14-24(15-11-17)13-4-6-18-5-3-9-21-22(18)23-19-7-1-2-8-20(19)26-21/h1-3,5,7-9,17,23,25H,4,6,10-16H2. The van der Waals surface area contributed by atoms with Crippen LogP contribution < -0.4 is 5.32 Å². The molecule has 26 heavy (non-hydrogen) atoms. The van der Waals surface area contributed by atoms with Crippen molar-refractivity contribution in [2.24, 2.45) is 5.92 Å². The third-order valence-corrected chi connectivity index (χ3v) is 6.78. The highest BCUT2D eigenvalue weighted by molar-refractivity contribution is 7.99. The van der Waals surface area contributed by atoms with Crippen molar-refractivity contribution in [3.63, 3.8) is 0 Å². The van der Waals surface area contributed by atoms with Crippen molar-refractivity contribution < 1.29 is 5.11 Å². The molecule has 2 aliphatic heterocycles. The molecule has 4 heteroatoms. The summed E-state index contributed by atoms with van der Waals surface area (Å²) in [6.45, 7) is 3.91. The number of nitrogens with zero attached hydrogens (tertiary/aromatic N) is 1. The number of fused-ring (bicyclic) bond motifs is 2. The van der Waals surface area contributed by atoms with Gasteiger partial charge in [-0.15, -0.1) is 0 Å². The topological polar surface area (TPSA) is 35.5 Å². The van der Waals surface area contributed by atoms with Gasteiger partial charge in [0, 0.05) is 16.4 Å². The number of aryl methyl sites for hydroxylation is 1. The van der Waals surface area contributed by atoms with Crippen LogP contribution in [0.25, 0.3) is 0 Å². The Morgan fingerprint density at radius 2 is 1.85 bits per heavy atom. The second-order valence-corrected chi connectivity index (χ2v) is 8.50. The minimum absolute atomic E-state index is 0.345. The van der Waals surface area contributed by atoms with E-state index in [2.05, 4.69) is 52.7 Å². The van der Waals surface area contributed by atoms with Crippen molar-refractivity contribution in [3.05, 3.63) is 48.0 Å². The molecular formula is C22H28N2OS. The first kappa shape index (κ1) is 17.9. The maximum Gasteiger partial charge on any atom is 0.0558 e. The van der Waals surface area contributed by atoms with Crippen molar-refractivity contribution in [2.45, 2.75) is 41.9 Å². The number of likely N-dealkylation sites (tertiary alicyclic amines) is 1. The third-order valence-electron chi connectivity index (χ3n) is 5.64. The highest BCUT2D eigenvalue weighted by Gasteiger charge is 2.20. The van der Waals surface area contributed by atoms with Crippen molar-refractivity contribution in [2.75, 3.05) is 31.6 Å². The lowest BCUT2D eigenvalue weighted by Gasteiger charge is -2.31. The molecule has 0 radical (unpaired) electrons. The number of aliphatic hydroxyl groups excluding tert-OH is 1. The minimum atomic E-state index is 0.345. The summed E-state index contributed by atoms with van der Waals surface area (Å²) in [5, 5.41) is 12.7. The molecule has 1 saturated heterocycles. The highest BCUT2D eigenvalue weighted by Crippen LogP contribution is 2.45. The molecule has 0 spiro atoms. The Morgan fingerprint density at radius 1 is 1.04 bits per heavy atom. The summed E-state index contributed by atoms with van der Waals surface area (Å²) in [5.74, 6) is 0.735. The maximum absolute atomic E-state index is 9.09. The van der Waals surface area contributed by atoms with Crippen LogP contribution in [-0.2, 0) is 6.42 Å². The fraction of sp³-hybridized carbons (Fsp3) is 0.455. The van der Waals surface area contributed by atoms with Gasteiger partial charge in [0.2, 0.25) is 0 Å². The number of benzene rings is 2. The van der Waals surface area contributed by atoms with Crippen molar-refractivity contribution in [1.82, 2.24) is 4.90 Å². The molecule has 3 nitrogen and oxygen atoms in total. The average Bonchev–Trinajstić information content (AvgIpc) is 2.68. The second kappa shape index (κ2) is 8.47. The zero-order valence-corrected chi connectivity index (χ0v) is 16.1. The zero-order chi connectivity index (χ0) is 17.8. The number of rotatable bonds is 6. The molecule has 0 saturated carbocycles. The van der Waals surface area contributed by atoms with Gasteiger partial charge in [-0.2, -0.15) is 0 Å². The van der Waals surface area contributed by atoms with Crippen LogP contribution in [0.5, 0.6) is 0 Å². The Bertz CT molecular complexity index is 741. The van der Waals surface area contributed by atoms with E-state index in [0.717, 1.165) is 18.8 Å². The Kier molecular flexibility index (Phi) is 5.83. The largest absolute Gasteiger partial charge is 0.396 e. The molecule has 0 aromatic heterocycles. The number of aliphatic hydroxyl groups is 1. The van der Waals surface area contributed by atoms with Gasteiger partial charge in [0.1, 0.15) is 0 Å². The molecule has 2 heterocycles. The summed E-state index contributed by atoms with van der Waals surface area (Å²) in [5.41, 5.74) is 3.96. The molecule has 0 unspecified atom stereocenters. The summed E-state index contributed by atoms with van der Waals surface area (Å²) < 4.78 is 0. The molecule has 138 valence electrons. The third kappa shape index (κ3) is 4.08. The van der Waals surface area contributed by atoms with Crippen LogP contribution in [-0.4, -0.2) is 36.2 Å². The van der Waals surface area contributed by atoms with E-state index >= 15 is 0 Å². The molecule has 4 rings (SSSR count). The average molecular weight is 369 g/mol. The van der Waals surface area contributed by atoms with E-state index < -0.39 is 0 Å². The Hall–Kier alpha value is -1.49. The monoisotopic (exact) mass is 368 g/mol. The number of hydrogen-bond acceptors (Lipinski definition) is 4. The van der Waals surface area contributed by atoms with Gasteiger partial charge in [0.25, 0.3) is 0 Å². The lowest BCUT2D eigenvalue weighted by atomic mass is 9.94. The SMILES string of the molecule is OCCC1CCN(CCCc2cccc3c2Nc2ccccc2S3)CC1. The summed E-state index contributed by atoms with van der Waals surface area (Å²) >= 11 is 1.87. The number of nitrogens with one attached hydrogen (secondary N) is 1. The molecule has 2 N–H and O–H groups in total. The van der Waals surface area contributed by atoms with Crippen LogP contribution >= 0.6 is 11.8 Å². The summed E-state index contributed by atoms with van der Waals surface area (Å²) in [6, 6.07) is 15.2. The Balaban J connectivity index is 1.33. The van der Waals surface area contributed by atoms with E-state index in [1.54, 1.807) is 0 Å². The van der Waals surface area contributed by atoms with Gasteiger partial charge in [-0.3, -0.25) is 0 Å². The highest BCUT2D eigenvalue weighted by atomic mass is 32.2. The molecule has 0 bridgehead atoms. The van der Waals surface area contributed by atoms with Crippen LogP contribution in [0.4, 0.5) is 11.4 Å². The number of para-hydroxylation sites is 2. The molecule has 0 aliphatic carbocycles. The lowest BCUT2D eigenvalue weighted by Crippen LogP contribution is -2.34. The van der Waals surface area contributed by atoms with E-state index in [9.17, 15) is 0 Å². The molecular weight excluding hydrogens is 340 g/mol. The zero-order valence-electron chi connectivity index (χ0n) is 15.3. The first-order valence-electron chi connectivity index (χ1n) is 9.82. The van der Waals surface area contributed by atoms with E-state index in [4.69, 9.17) is 5.11 Å². The predicted molar refractivity (Wildman–Crippen MR) is 109 cm³/mol. The van der Waals surface area contributed by atoms with Gasteiger partial charge in [-0.25, -0.2) is 0 Å². The van der Waals surface area contributed by atoms with E-state index in [0.29, 0.717) is 6.61 Å². The number of hydrogen-bond donors (Lipinski definition) is 2. The summed E-state index contributed by atoms with van der Waals surface area (Å²) in [7, 11) is 0. The summed E-state index contributed by atoms with van der Waals surface area (Å²) in [4.78, 5) is 5.25. The van der Waals surface area contributed by atoms with Gasteiger partial charge < -0.3 is 15.3 Å². The predicted octanol–water partition coefficient (Wildman–Crippen LogP) is 4.92. The molecule has 2 aromatic carbocycles. The molecule has 0 amide bonds. The molecule has 0 atom stereocenters. The Morgan fingerprint density at radius 3 is 2.69 bits per heavy atom. The second-order valence-electron chi connectivity index (χ2n) is 7.41. The normalized spacial score (nSPS) is 17.4. The first-order chi connectivity index (χ1) is 12.8. The fourth-order valence-corrected chi connectivity index (χ4v) is 5.14. The van der Waals surface area contributed by atoms with Gasteiger partial charge in [0.05, 0.1) is 11.4 Å². The Labute approximate surface area is 160 Å². The fourth-order valence-electron chi connectivity index (χ4n) is 4.10. The lowest BCUT2D eigenvalue weighted by molar-refractivity contribution is 0.157. The van der Waals surface area contributed by atoms with Crippen molar-refractivity contribution >= 4 is 23.1 Å². The number of anilines is 2. The molecule has 1 fully saturated rings. The van der Waals surface area contributed by atoms with Crippen molar-refractivity contribution in [3.8, 4) is 0 Å². The summed E-state index contributed by atoms with van der Waals surface area (Å²) in [6.07, 6.45) is 5.80. The molecule has 2 aliphatic rings. The van der Waals surface area contributed by atoms with Gasteiger partial charge in [-0.05, 0) is 81.4 Å². The maximum atomic E-state index is 9.09.